The number of alkyl halides is 1. The van der Waals surface area contributed by atoms with E-state index in [1.54, 1.807) is 0 Å². The SMILES string of the molecule is ClC(c1ccc2c(c1)OCCCO2)c1ccc(Br)cc1Br. The second-order valence-electron chi connectivity index (χ2n) is 4.79. The lowest BCUT2D eigenvalue weighted by atomic mass is 10.0. The summed E-state index contributed by atoms with van der Waals surface area (Å²) in [6, 6.07) is 11.9. The monoisotopic (exact) mass is 430 g/mol. The highest BCUT2D eigenvalue weighted by Crippen LogP contribution is 2.39. The number of fused-ring (bicyclic) bond motifs is 1. The van der Waals surface area contributed by atoms with E-state index in [1.807, 2.05) is 36.4 Å². The van der Waals surface area contributed by atoms with E-state index < -0.39 is 0 Å². The number of halogens is 3. The Kier molecular flexibility index (Phi) is 4.77. The topological polar surface area (TPSA) is 18.5 Å². The first-order valence-corrected chi connectivity index (χ1v) is 8.66. The van der Waals surface area contributed by atoms with Crippen LogP contribution in [0.5, 0.6) is 11.5 Å². The van der Waals surface area contributed by atoms with Gasteiger partial charge < -0.3 is 9.47 Å². The van der Waals surface area contributed by atoms with Crippen LogP contribution in [0.2, 0.25) is 0 Å². The van der Waals surface area contributed by atoms with E-state index in [0.29, 0.717) is 13.2 Å². The standard InChI is InChI=1S/C16H13Br2ClO2/c17-11-3-4-12(13(18)9-11)16(19)10-2-5-14-15(8-10)21-7-1-6-20-14/h2-5,8-9,16H,1,6-7H2. The molecule has 2 aromatic carbocycles. The minimum Gasteiger partial charge on any atom is -0.490 e. The lowest BCUT2D eigenvalue weighted by Gasteiger charge is -2.15. The Morgan fingerprint density at radius 3 is 2.48 bits per heavy atom. The lowest BCUT2D eigenvalue weighted by molar-refractivity contribution is 0.297. The first kappa shape index (κ1) is 15.2. The fourth-order valence-corrected chi connectivity index (χ4v) is 3.96. The third kappa shape index (κ3) is 3.38. The molecule has 2 nitrogen and oxygen atoms in total. The number of benzene rings is 2. The average molecular weight is 433 g/mol. The normalized spacial score (nSPS) is 15.4. The first-order chi connectivity index (χ1) is 10.1. The molecule has 5 heteroatoms. The van der Waals surface area contributed by atoms with Crippen LogP contribution >= 0.6 is 43.5 Å². The molecule has 0 fully saturated rings. The van der Waals surface area contributed by atoms with Crippen molar-refractivity contribution in [1.29, 1.82) is 0 Å². The molecule has 110 valence electrons. The van der Waals surface area contributed by atoms with Crippen molar-refractivity contribution in [2.75, 3.05) is 13.2 Å². The number of rotatable bonds is 2. The second-order valence-corrected chi connectivity index (χ2v) is 6.99. The Labute approximate surface area is 145 Å². The zero-order chi connectivity index (χ0) is 14.8. The number of hydrogen-bond acceptors (Lipinski definition) is 2. The van der Waals surface area contributed by atoms with Crippen molar-refractivity contribution < 1.29 is 9.47 Å². The number of ether oxygens (including phenoxy) is 2. The summed E-state index contributed by atoms with van der Waals surface area (Å²) in [5, 5.41) is -0.246. The third-order valence-corrected chi connectivity index (χ3v) is 4.97. The predicted molar refractivity (Wildman–Crippen MR) is 91.6 cm³/mol. The minimum atomic E-state index is -0.246. The van der Waals surface area contributed by atoms with Gasteiger partial charge in [0, 0.05) is 15.4 Å². The van der Waals surface area contributed by atoms with Crippen LogP contribution in [0.1, 0.15) is 22.9 Å². The van der Waals surface area contributed by atoms with Gasteiger partial charge in [-0.1, -0.05) is 44.0 Å². The van der Waals surface area contributed by atoms with Crippen LogP contribution in [-0.2, 0) is 0 Å². The van der Waals surface area contributed by atoms with Crippen molar-refractivity contribution in [2.24, 2.45) is 0 Å². The molecule has 0 N–H and O–H groups in total. The molecule has 0 saturated heterocycles. The summed E-state index contributed by atoms with van der Waals surface area (Å²) in [5.74, 6) is 1.55. The molecule has 0 radical (unpaired) electrons. The van der Waals surface area contributed by atoms with Gasteiger partial charge in [-0.25, -0.2) is 0 Å². The molecule has 0 saturated carbocycles. The molecule has 1 atom stereocenters. The summed E-state index contributed by atoms with van der Waals surface area (Å²) in [6.45, 7) is 1.36. The maximum absolute atomic E-state index is 6.63. The molecular weight excluding hydrogens is 419 g/mol. The molecule has 3 rings (SSSR count). The van der Waals surface area contributed by atoms with E-state index in [0.717, 1.165) is 38.0 Å². The summed E-state index contributed by atoms with van der Waals surface area (Å²) in [7, 11) is 0. The van der Waals surface area contributed by atoms with Gasteiger partial charge in [0.1, 0.15) is 0 Å². The third-order valence-electron chi connectivity index (χ3n) is 3.30. The van der Waals surface area contributed by atoms with Crippen LogP contribution in [0.3, 0.4) is 0 Å². The van der Waals surface area contributed by atoms with E-state index in [2.05, 4.69) is 31.9 Å². The second kappa shape index (κ2) is 6.59. The fraction of sp³-hybridized carbons (Fsp3) is 0.250. The predicted octanol–water partition coefficient (Wildman–Crippen LogP) is 5.70. The van der Waals surface area contributed by atoms with Gasteiger partial charge in [-0.3, -0.25) is 0 Å². The molecule has 21 heavy (non-hydrogen) atoms. The first-order valence-electron chi connectivity index (χ1n) is 6.64. The van der Waals surface area contributed by atoms with Crippen molar-refractivity contribution >= 4 is 43.5 Å². The highest BCUT2D eigenvalue weighted by Gasteiger charge is 2.18. The highest BCUT2D eigenvalue weighted by molar-refractivity contribution is 9.11. The van der Waals surface area contributed by atoms with Crippen LogP contribution in [-0.4, -0.2) is 13.2 Å². The van der Waals surface area contributed by atoms with Gasteiger partial charge in [-0.15, -0.1) is 11.6 Å². The Balaban J connectivity index is 1.94. The van der Waals surface area contributed by atoms with Crippen LogP contribution in [0.15, 0.2) is 45.3 Å². The average Bonchev–Trinajstić information content (AvgIpc) is 2.71. The molecule has 0 spiro atoms. The molecule has 0 aliphatic carbocycles. The van der Waals surface area contributed by atoms with Gasteiger partial charge >= 0.3 is 0 Å². The van der Waals surface area contributed by atoms with Crippen LogP contribution in [0.4, 0.5) is 0 Å². The van der Waals surface area contributed by atoms with Gasteiger partial charge in [-0.05, 0) is 35.4 Å². The molecule has 1 heterocycles. The van der Waals surface area contributed by atoms with Crippen LogP contribution in [0, 0.1) is 0 Å². The molecule has 0 aromatic heterocycles. The largest absolute Gasteiger partial charge is 0.490 e. The van der Waals surface area contributed by atoms with E-state index in [1.165, 1.54) is 0 Å². The van der Waals surface area contributed by atoms with Gasteiger partial charge in [0.25, 0.3) is 0 Å². The summed E-state index contributed by atoms with van der Waals surface area (Å²) in [5.41, 5.74) is 2.01. The molecule has 0 amide bonds. The maximum Gasteiger partial charge on any atom is 0.161 e. The molecule has 0 bridgehead atoms. The van der Waals surface area contributed by atoms with Gasteiger partial charge in [0.15, 0.2) is 11.5 Å². The maximum atomic E-state index is 6.63. The van der Waals surface area contributed by atoms with Crippen LogP contribution in [0.25, 0.3) is 0 Å². The molecule has 2 aromatic rings. The van der Waals surface area contributed by atoms with E-state index >= 15 is 0 Å². The summed E-state index contributed by atoms with van der Waals surface area (Å²) < 4.78 is 13.4. The zero-order valence-corrected chi connectivity index (χ0v) is 15.0. The Hall–Kier alpha value is -0.710. The highest BCUT2D eigenvalue weighted by atomic mass is 79.9. The van der Waals surface area contributed by atoms with E-state index in [-0.39, 0.29) is 5.38 Å². The van der Waals surface area contributed by atoms with Gasteiger partial charge in [0.05, 0.1) is 18.6 Å². The quantitative estimate of drug-likeness (QED) is 0.567. The Morgan fingerprint density at radius 2 is 1.71 bits per heavy atom. The van der Waals surface area contributed by atoms with Crippen molar-refractivity contribution in [3.8, 4) is 11.5 Å². The molecular formula is C16H13Br2ClO2. The molecule has 1 aliphatic rings. The molecule has 1 unspecified atom stereocenters. The molecule has 1 aliphatic heterocycles. The Bertz CT molecular complexity index is 661. The van der Waals surface area contributed by atoms with E-state index in [9.17, 15) is 0 Å². The van der Waals surface area contributed by atoms with Gasteiger partial charge in [0.2, 0.25) is 0 Å². The number of hydrogen-bond donors (Lipinski definition) is 0. The van der Waals surface area contributed by atoms with Gasteiger partial charge in [-0.2, -0.15) is 0 Å². The van der Waals surface area contributed by atoms with Crippen molar-refractivity contribution in [3.63, 3.8) is 0 Å². The zero-order valence-electron chi connectivity index (χ0n) is 11.1. The summed E-state index contributed by atoms with van der Waals surface area (Å²) >= 11 is 13.6. The van der Waals surface area contributed by atoms with Crippen molar-refractivity contribution in [3.05, 3.63) is 56.5 Å². The smallest absolute Gasteiger partial charge is 0.161 e. The van der Waals surface area contributed by atoms with Crippen molar-refractivity contribution in [1.82, 2.24) is 0 Å². The lowest BCUT2D eigenvalue weighted by Crippen LogP contribution is -1.98. The summed E-state index contributed by atoms with van der Waals surface area (Å²) in [4.78, 5) is 0. The fourth-order valence-electron chi connectivity index (χ4n) is 2.22. The summed E-state index contributed by atoms with van der Waals surface area (Å²) in [6.07, 6.45) is 0.895. The van der Waals surface area contributed by atoms with Crippen molar-refractivity contribution in [2.45, 2.75) is 11.8 Å². The minimum absolute atomic E-state index is 0.246. The Morgan fingerprint density at radius 1 is 0.952 bits per heavy atom. The van der Waals surface area contributed by atoms with E-state index in [4.69, 9.17) is 21.1 Å². The van der Waals surface area contributed by atoms with Crippen LogP contribution < -0.4 is 9.47 Å².